The van der Waals surface area contributed by atoms with Gasteiger partial charge in [0.25, 0.3) is 0 Å². The van der Waals surface area contributed by atoms with Crippen molar-refractivity contribution in [2.75, 3.05) is 11.9 Å². The molecule has 2 amide bonds. The highest BCUT2D eigenvalue weighted by molar-refractivity contribution is 8.15. The number of para-hydroxylation sites is 1. The molecule has 2 rings (SSSR count). The Balaban J connectivity index is 1.94. The maximum absolute atomic E-state index is 11.9. The average Bonchev–Trinajstić information content (AvgIpc) is 2.73. The smallest absolute Gasteiger partial charge is 0.240 e. The summed E-state index contributed by atoms with van der Waals surface area (Å²) < 4.78 is 0. The summed E-state index contributed by atoms with van der Waals surface area (Å²) in [5, 5.41) is 5.96. The Morgan fingerprint density at radius 1 is 1.50 bits per heavy atom. The molecule has 0 radical (unpaired) electrons. The number of carbonyl (C=O) groups is 2. The number of nitrogens with one attached hydrogen (secondary N) is 2. The van der Waals surface area contributed by atoms with Crippen molar-refractivity contribution in [1.29, 1.82) is 0 Å². The third-order valence-electron chi connectivity index (χ3n) is 2.60. The van der Waals surface area contributed by atoms with Crippen molar-refractivity contribution in [3.05, 3.63) is 29.3 Å². The Morgan fingerprint density at radius 2 is 2.25 bits per heavy atom. The summed E-state index contributed by atoms with van der Waals surface area (Å²) in [5.41, 5.74) is 0.546. The number of hydrogen-bond acceptors (Lipinski definition) is 4. The number of anilines is 1. The van der Waals surface area contributed by atoms with E-state index in [-0.39, 0.29) is 18.2 Å². The standard InChI is InChI=1S/C13H14ClN3O2S/c1-2-15-13-17-12(19)10(20-13)7-11(18)16-9-6-4-3-5-8(9)14/h3-6,10H,2,7H2,1H3,(H,16,18)(H,15,17,19)/t10-/m1/s1. The Bertz CT molecular complexity index is 562. The fraction of sp³-hybridized carbons (Fsp3) is 0.308. The van der Waals surface area contributed by atoms with E-state index in [4.69, 9.17) is 11.6 Å². The predicted octanol–water partition coefficient (Wildman–Crippen LogP) is 2.28. The molecule has 7 heteroatoms. The number of aliphatic imine (C=N–C) groups is 1. The van der Waals surface area contributed by atoms with E-state index in [1.165, 1.54) is 11.8 Å². The molecule has 1 aliphatic heterocycles. The quantitative estimate of drug-likeness (QED) is 0.896. The molecular formula is C13H14ClN3O2S. The van der Waals surface area contributed by atoms with Crippen molar-refractivity contribution in [3.8, 4) is 0 Å². The maximum Gasteiger partial charge on any atom is 0.240 e. The van der Waals surface area contributed by atoms with Crippen LogP contribution in [0.25, 0.3) is 0 Å². The van der Waals surface area contributed by atoms with Crippen LogP contribution in [-0.2, 0) is 9.59 Å². The van der Waals surface area contributed by atoms with E-state index in [0.717, 1.165) is 0 Å². The predicted molar refractivity (Wildman–Crippen MR) is 82.2 cm³/mol. The van der Waals surface area contributed by atoms with E-state index in [9.17, 15) is 9.59 Å². The topological polar surface area (TPSA) is 70.6 Å². The number of halogens is 1. The third-order valence-corrected chi connectivity index (χ3v) is 4.05. The fourth-order valence-electron chi connectivity index (χ4n) is 1.69. The Labute approximate surface area is 126 Å². The molecule has 1 fully saturated rings. The summed E-state index contributed by atoms with van der Waals surface area (Å²) in [5.74, 6) is -0.431. The number of carbonyl (C=O) groups excluding carboxylic acids is 2. The second-order valence-electron chi connectivity index (χ2n) is 4.11. The van der Waals surface area contributed by atoms with Gasteiger partial charge in [-0.15, -0.1) is 0 Å². The summed E-state index contributed by atoms with van der Waals surface area (Å²) in [7, 11) is 0. The highest BCUT2D eigenvalue weighted by Gasteiger charge is 2.31. The summed E-state index contributed by atoms with van der Waals surface area (Å²) in [6.07, 6.45) is 0.0878. The van der Waals surface area contributed by atoms with Crippen LogP contribution < -0.4 is 10.6 Å². The second-order valence-corrected chi connectivity index (χ2v) is 5.71. The van der Waals surface area contributed by atoms with Gasteiger partial charge in [0.2, 0.25) is 11.8 Å². The molecule has 0 spiro atoms. The molecule has 0 aliphatic carbocycles. The number of thioether (sulfide) groups is 1. The number of rotatable bonds is 4. The van der Waals surface area contributed by atoms with Crippen LogP contribution in [0.1, 0.15) is 13.3 Å². The van der Waals surface area contributed by atoms with E-state index in [1.54, 1.807) is 24.3 Å². The van der Waals surface area contributed by atoms with Crippen molar-refractivity contribution >= 4 is 46.0 Å². The first-order valence-electron chi connectivity index (χ1n) is 6.16. The molecule has 0 saturated carbocycles. The number of hydrogen-bond donors (Lipinski definition) is 2. The summed E-state index contributed by atoms with van der Waals surface area (Å²) in [6, 6.07) is 6.97. The van der Waals surface area contributed by atoms with Crippen LogP contribution in [0, 0.1) is 0 Å². The van der Waals surface area contributed by atoms with Crippen molar-refractivity contribution < 1.29 is 9.59 Å². The molecule has 1 saturated heterocycles. The maximum atomic E-state index is 11.9. The molecule has 2 N–H and O–H groups in total. The van der Waals surface area contributed by atoms with E-state index >= 15 is 0 Å². The van der Waals surface area contributed by atoms with E-state index in [0.29, 0.717) is 22.4 Å². The summed E-state index contributed by atoms with van der Waals surface area (Å²) in [6.45, 7) is 2.48. The first kappa shape index (κ1) is 14.9. The molecule has 106 valence electrons. The molecule has 1 aliphatic rings. The molecule has 5 nitrogen and oxygen atoms in total. The highest BCUT2D eigenvalue weighted by Crippen LogP contribution is 2.24. The van der Waals surface area contributed by atoms with Gasteiger partial charge in [0, 0.05) is 13.0 Å². The number of benzene rings is 1. The van der Waals surface area contributed by atoms with Gasteiger partial charge in [-0.1, -0.05) is 35.5 Å². The lowest BCUT2D eigenvalue weighted by atomic mass is 10.2. The van der Waals surface area contributed by atoms with Crippen LogP contribution >= 0.6 is 23.4 Å². The molecule has 0 bridgehead atoms. The van der Waals surface area contributed by atoms with Crippen LogP contribution in [0.4, 0.5) is 5.69 Å². The molecule has 1 aromatic carbocycles. The molecule has 0 aromatic heterocycles. The number of amidine groups is 1. The van der Waals surface area contributed by atoms with Gasteiger partial charge >= 0.3 is 0 Å². The molecule has 1 heterocycles. The van der Waals surface area contributed by atoms with Crippen molar-refractivity contribution in [2.24, 2.45) is 4.99 Å². The zero-order valence-electron chi connectivity index (χ0n) is 10.9. The molecule has 1 aromatic rings. The minimum Gasteiger partial charge on any atom is -0.325 e. The molecular weight excluding hydrogens is 298 g/mol. The van der Waals surface area contributed by atoms with E-state index in [1.807, 2.05) is 6.92 Å². The van der Waals surface area contributed by atoms with Crippen LogP contribution in [0.2, 0.25) is 5.02 Å². The molecule has 0 unspecified atom stereocenters. The normalized spacial score (nSPS) is 20.0. The van der Waals surface area contributed by atoms with Gasteiger partial charge in [0.15, 0.2) is 5.17 Å². The van der Waals surface area contributed by atoms with Crippen molar-refractivity contribution in [1.82, 2.24) is 5.32 Å². The van der Waals surface area contributed by atoms with Gasteiger partial charge in [0.1, 0.15) is 5.25 Å². The van der Waals surface area contributed by atoms with E-state index in [2.05, 4.69) is 15.6 Å². The summed E-state index contributed by atoms with van der Waals surface area (Å²) >= 11 is 7.24. The highest BCUT2D eigenvalue weighted by atomic mass is 35.5. The minimum atomic E-state index is -0.442. The SMILES string of the molecule is CCN=C1NC(=O)[C@@H](CC(=O)Nc2ccccc2Cl)S1. The van der Waals surface area contributed by atoms with Crippen LogP contribution in [0.15, 0.2) is 29.3 Å². The largest absolute Gasteiger partial charge is 0.325 e. The van der Waals surface area contributed by atoms with Crippen LogP contribution in [0.3, 0.4) is 0 Å². The fourth-order valence-corrected chi connectivity index (χ4v) is 2.91. The van der Waals surface area contributed by atoms with Gasteiger partial charge in [-0.3, -0.25) is 14.6 Å². The lowest BCUT2D eigenvalue weighted by Crippen LogP contribution is -2.28. The Morgan fingerprint density at radius 3 is 2.95 bits per heavy atom. The van der Waals surface area contributed by atoms with Gasteiger partial charge < -0.3 is 10.6 Å². The number of amides is 2. The Hall–Kier alpha value is -1.53. The zero-order valence-corrected chi connectivity index (χ0v) is 12.4. The van der Waals surface area contributed by atoms with Gasteiger partial charge in [-0.25, -0.2) is 0 Å². The van der Waals surface area contributed by atoms with Crippen LogP contribution in [-0.4, -0.2) is 28.8 Å². The van der Waals surface area contributed by atoms with Gasteiger partial charge in [-0.2, -0.15) is 0 Å². The zero-order chi connectivity index (χ0) is 14.5. The van der Waals surface area contributed by atoms with Crippen molar-refractivity contribution in [3.63, 3.8) is 0 Å². The van der Waals surface area contributed by atoms with Gasteiger partial charge in [-0.05, 0) is 19.1 Å². The number of nitrogens with zero attached hydrogens (tertiary/aromatic N) is 1. The van der Waals surface area contributed by atoms with Gasteiger partial charge in [0.05, 0.1) is 10.7 Å². The Kier molecular flexibility index (Phi) is 5.03. The lowest BCUT2D eigenvalue weighted by Gasteiger charge is -2.08. The molecule has 20 heavy (non-hydrogen) atoms. The molecule has 1 atom stereocenters. The average molecular weight is 312 g/mol. The van der Waals surface area contributed by atoms with Crippen molar-refractivity contribution in [2.45, 2.75) is 18.6 Å². The first-order chi connectivity index (χ1) is 9.60. The first-order valence-corrected chi connectivity index (χ1v) is 7.42. The minimum absolute atomic E-state index is 0.0878. The lowest BCUT2D eigenvalue weighted by molar-refractivity contribution is -0.122. The summed E-state index contributed by atoms with van der Waals surface area (Å²) in [4.78, 5) is 27.7. The second kappa shape index (κ2) is 6.76. The monoisotopic (exact) mass is 311 g/mol. The third kappa shape index (κ3) is 3.74. The van der Waals surface area contributed by atoms with E-state index < -0.39 is 5.25 Å². The van der Waals surface area contributed by atoms with Crippen LogP contribution in [0.5, 0.6) is 0 Å².